The summed E-state index contributed by atoms with van der Waals surface area (Å²) in [5, 5.41) is 11.3. The van der Waals surface area contributed by atoms with Crippen LogP contribution < -0.4 is 32.9 Å². The number of amides is 1. The number of methoxy groups -OCH3 is 2. The molecular formula is C54H64Cl4F6N2O11S. The van der Waals surface area contributed by atoms with E-state index in [-0.39, 0.29) is 81.1 Å². The van der Waals surface area contributed by atoms with Gasteiger partial charge in [0.1, 0.15) is 34.2 Å². The zero-order valence-electron chi connectivity index (χ0n) is 43.5. The van der Waals surface area contributed by atoms with Gasteiger partial charge in [0.15, 0.2) is 0 Å². The highest BCUT2D eigenvalue weighted by Crippen LogP contribution is 2.40. The van der Waals surface area contributed by atoms with E-state index in [1.807, 2.05) is 0 Å². The zero-order valence-corrected chi connectivity index (χ0v) is 47.3. The van der Waals surface area contributed by atoms with Gasteiger partial charge < -0.3 is 47.5 Å². The maximum absolute atomic E-state index is 13.2. The largest absolute Gasteiger partial charge is 1.00 e. The SMILES string of the molecule is CC1CCC(C(=O)Cl)CC1.CC1CCC(C(=O)O)CC1.COC(=O)c1cc(Oc2ccccc2C(F)(F)F)ccc1NC(=O)C1CCC(C)CC1.COC(=O)c1cc(Oc2ccccc2C(F)(F)F)ccc1[NH3+].O=S(Cl)Cl.[Cl-]. The number of quaternary nitrogens is 1. The lowest BCUT2D eigenvalue weighted by Crippen LogP contribution is -3.00. The van der Waals surface area contributed by atoms with E-state index in [1.165, 1.54) is 99.9 Å². The molecule has 3 aliphatic carbocycles. The average molecular weight is 1200 g/mol. The van der Waals surface area contributed by atoms with E-state index in [4.69, 9.17) is 35.1 Å². The van der Waals surface area contributed by atoms with Gasteiger partial charge in [-0.05, 0) is 155 Å². The van der Waals surface area contributed by atoms with Gasteiger partial charge in [0.25, 0.3) is 0 Å². The zero-order chi connectivity index (χ0) is 57.6. The van der Waals surface area contributed by atoms with Crippen molar-refractivity contribution in [3.05, 3.63) is 107 Å². The molecule has 24 heteroatoms. The van der Waals surface area contributed by atoms with E-state index in [2.05, 4.69) is 57.9 Å². The van der Waals surface area contributed by atoms with Crippen LogP contribution in [0.25, 0.3) is 0 Å². The Balaban J connectivity index is 0.000000381. The number of esters is 2. The molecule has 78 heavy (non-hydrogen) atoms. The molecule has 4 aromatic rings. The minimum Gasteiger partial charge on any atom is -1.00 e. The molecule has 3 saturated carbocycles. The second kappa shape index (κ2) is 33.5. The molecule has 0 radical (unpaired) electrons. The van der Waals surface area contributed by atoms with Crippen molar-refractivity contribution in [3.8, 4) is 23.0 Å². The number of carboxylic acid groups (broad SMARTS) is 1. The van der Waals surface area contributed by atoms with Crippen LogP contribution in [-0.2, 0) is 45.4 Å². The highest BCUT2D eigenvalue weighted by Gasteiger charge is 2.36. The van der Waals surface area contributed by atoms with Crippen LogP contribution >= 0.6 is 33.0 Å². The van der Waals surface area contributed by atoms with Gasteiger partial charge in [-0.1, -0.05) is 45.0 Å². The summed E-state index contributed by atoms with van der Waals surface area (Å²) >= 11 is 5.37. The molecule has 432 valence electrons. The van der Waals surface area contributed by atoms with Crippen molar-refractivity contribution in [3.63, 3.8) is 0 Å². The lowest BCUT2D eigenvalue weighted by atomic mass is 9.82. The summed E-state index contributed by atoms with van der Waals surface area (Å²) in [6.45, 7) is 6.58. The number of alkyl halides is 6. The van der Waals surface area contributed by atoms with Gasteiger partial charge in [0.05, 0.1) is 42.5 Å². The van der Waals surface area contributed by atoms with Crippen LogP contribution in [0.1, 0.15) is 130 Å². The molecule has 0 saturated heterocycles. The van der Waals surface area contributed by atoms with Crippen LogP contribution in [0.2, 0.25) is 0 Å². The number of carbonyl (C=O) groups is 5. The van der Waals surface area contributed by atoms with Crippen molar-refractivity contribution < 1.29 is 96.7 Å². The van der Waals surface area contributed by atoms with Crippen LogP contribution in [-0.4, -0.2) is 52.6 Å². The van der Waals surface area contributed by atoms with Crippen LogP contribution in [0.15, 0.2) is 84.9 Å². The third kappa shape index (κ3) is 23.7. The Morgan fingerprint density at radius 3 is 1.33 bits per heavy atom. The molecule has 0 aliphatic heterocycles. The van der Waals surface area contributed by atoms with Gasteiger partial charge in [-0.25, -0.2) is 13.8 Å². The Morgan fingerprint density at radius 2 is 0.949 bits per heavy atom. The number of para-hydroxylation sites is 2. The third-order valence-corrected chi connectivity index (χ3v) is 13.4. The fraction of sp³-hybridized carbons (Fsp3) is 0.463. The fourth-order valence-electron chi connectivity index (χ4n) is 8.48. The number of rotatable bonds is 10. The summed E-state index contributed by atoms with van der Waals surface area (Å²) in [5.41, 5.74) is 2.58. The van der Waals surface area contributed by atoms with Crippen molar-refractivity contribution in [2.75, 3.05) is 19.5 Å². The van der Waals surface area contributed by atoms with Crippen LogP contribution in [0.4, 0.5) is 37.7 Å². The summed E-state index contributed by atoms with van der Waals surface area (Å²) < 4.78 is 108. The summed E-state index contributed by atoms with van der Waals surface area (Å²) in [6, 6.07) is 17.9. The Hall–Kier alpha value is -5.12. The molecule has 3 aliphatic rings. The standard InChI is InChI=1S/C23H24F3NO4.C15H12F3NO3.C8H13ClO.C8H14O2.Cl2OS.ClH/c1-14-7-9-15(10-8-14)21(28)27-19-12-11-16(13-17(19)22(29)30-2)31-20-6-4-3-5-18(20)23(24,25)26;1-21-14(20)10-8-9(6-7-12(10)19)22-13-5-3-2-4-11(13)15(16,17)18;2*1-6-2-4-7(5-3-6)8(9)10;1-4(2)3;/h3-6,11-15H,7-10H2,1-2H3,(H,27,28);2-8H,19H2,1H3;6-7H,2-5H2,1H3;6-7H,2-5H2,1H3,(H,9,10);;1H. The predicted molar refractivity (Wildman–Crippen MR) is 281 cm³/mol. The smallest absolute Gasteiger partial charge is 0.419 e. The molecule has 0 aromatic heterocycles. The molecule has 0 bridgehead atoms. The average Bonchev–Trinajstić information content (AvgIpc) is 3.37. The third-order valence-electron chi connectivity index (χ3n) is 13.1. The molecule has 0 spiro atoms. The maximum Gasteiger partial charge on any atom is 0.419 e. The van der Waals surface area contributed by atoms with Crippen molar-refractivity contribution in [1.29, 1.82) is 0 Å². The van der Waals surface area contributed by atoms with Crippen LogP contribution in [0.3, 0.4) is 0 Å². The Morgan fingerprint density at radius 1 is 0.590 bits per heavy atom. The van der Waals surface area contributed by atoms with Crippen molar-refractivity contribution in [2.24, 2.45) is 35.5 Å². The quantitative estimate of drug-likeness (QED) is 0.0775. The molecule has 0 heterocycles. The van der Waals surface area contributed by atoms with Crippen LogP contribution in [0.5, 0.6) is 23.0 Å². The second-order valence-corrected chi connectivity index (χ2v) is 21.8. The summed E-state index contributed by atoms with van der Waals surface area (Å²) in [4.78, 5) is 57.6. The molecule has 3 fully saturated rings. The normalized spacial score (nSPS) is 19.7. The molecule has 1 amide bonds. The second-order valence-electron chi connectivity index (χ2n) is 18.9. The molecule has 0 atom stereocenters. The molecule has 0 unspecified atom stereocenters. The lowest BCUT2D eigenvalue weighted by Gasteiger charge is -2.25. The predicted octanol–water partition coefficient (Wildman–Crippen LogP) is 11.7. The van der Waals surface area contributed by atoms with E-state index in [0.29, 0.717) is 11.6 Å². The Kier molecular flexibility index (Phi) is 29.6. The first kappa shape index (κ1) is 69.0. The monoisotopic (exact) mass is 1200 g/mol. The summed E-state index contributed by atoms with van der Waals surface area (Å²) in [6.07, 6.45) is 2.66. The van der Waals surface area contributed by atoms with Gasteiger partial charge in [-0.3, -0.25) is 14.4 Å². The summed E-state index contributed by atoms with van der Waals surface area (Å²) in [7, 11) is 9.74. The number of hydrogen-bond donors (Lipinski definition) is 3. The molecule has 13 nitrogen and oxygen atoms in total. The highest BCUT2D eigenvalue weighted by atomic mass is 36.0. The number of halogens is 10. The molecular weight excluding hydrogens is 1140 g/mol. The maximum atomic E-state index is 13.2. The fourth-order valence-corrected chi connectivity index (χ4v) is 8.70. The van der Waals surface area contributed by atoms with Crippen LogP contribution in [0, 0.1) is 35.5 Å². The van der Waals surface area contributed by atoms with E-state index in [9.17, 15) is 50.3 Å². The number of anilines is 1. The Labute approximate surface area is 472 Å². The first-order valence-corrected chi connectivity index (χ1v) is 27.7. The number of ether oxygens (including phenoxy) is 4. The number of benzene rings is 4. The van der Waals surface area contributed by atoms with E-state index < -0.39 is 50.6 Å². The topological polar surface area (TPSA) is 199 Å². The van der Waals surface area contributed by atoms with Crippen molar-refractivity contribution in [1.82, 2.24) is 0 Å². The van der Waals surface area contributed by atoms with Gasteiger partial charge in [0, 0.05) is 45.3 Å². The molecule has 5 N–H and O–H groups in total. The lowest BCUT2D eigenvalue weighted by molar-refractivity contribution is -0.255. The van der Waals surface area contributed by atoms with Gasteiger partial charge in [-0.15, -0.1) is 0 Å². The number of carboxylic acids is 1. The first-order valence-electron chi connectivity index (χ1n) is 24.6. The molecule has 7 rings (SSSR count). The highest BCUT2D eigenvalue weighted by molar-refractivity contribution is 8.26. The van der Waals surface area contributed by atoms with Crippen molar-refractivity contribution in [2.45, 2.75) is 110 Å². The van der Waals surface area contributed by atoms with Gasteiger partial charge in [0.2, 0.25) is 20.4 Å². The summed E-state index contributed by atoms with van der Waals surface area (Å²) in [5.74, 6) is -0.687. The number of hydrogen-bond acceptors (Lipinski definition) is 10. The Bertz CT molecular complexity index is 2570. The minimum atomic E-state index is -4.59. The van der Waals surface area contributed by atoms with Crippen molar-refractivity contribution >= 4 is 82.6 Å². The molecule has 4 aromatic carbocycles. The minimum absolute atomic E-state index is 0. The van der Waals surface area contributed by atoms with Gasteiger partial charge in [-0.2, -0.15) is 26.3 Å². The van der Waals surface area contributed by atoms with E-state index >= 15 is 0 Å². The first-order chi connectivity index (χ1) is 36.1. The number of aliphatic carboxylic acids is 1. The number of nitrogens with one attached hydrogen (secondary N) is 1. The number of carbonyl (C=O) groups excluding carboxylic acids is 4. The van der Waals surface area contributed by atoms with Gasteiger partial charge >= 0.3 is 30.3 Å². The van der Waals surface area contributed by atoms with E-state index in [1.54, 1.807) is 0 Å². The van der Waals surface area contributed by atoms with E-state index in [0.717, 1.165) is 88.2 Å².